The van der Waals surface area contributed by atoms with Crippen molar-refractivity contribution in [3.8, 4) is 0 Å². The van der Waals surface area contributed by atoms with E-state index in [1.54, 1.807) is 6.07 Å². The van der Waals surface area contributed by atoms with Gasteiger partial charge in [0.05, 0.1) is 5.39 Å². The molecule has 0 amide bonds. The zero-order chi connectivity index (χ0) is 16.1. The maximum absolute atomic E-state index is 12.9. The zero-order valence-electron chi connectivity index (χ0n) is 13.2. The van der Waals surface area contributed by atoms with Gasteiger partial charge in [-0.1, -0.05) is 25.1 Å². The minimum atomic E-state index is -0.196. The average molecular weight is 306 g/mol. The maximum atomic E-state index is 12.9. The molecule has 0 bridgehead atoms. The molecule has 3 aromatic rings. The van der Waals surface area contributed by atoms with Crippen LogP contribution in [0, 0.1) is 12.8 Å². The molecule has 23 heavy (non-hydrogen) atoms. The Morgan fingerprint density at radius 1 is 1.26 bits per heavy atom. The Morgan fingerprint density at radius 2 is 2.00 bits per heavy atom. The van der Waals surface area contributed by atoms with Gasteiger partial charge in [0.15, 0.2) is 11.5 Å². The molecule has 4 rings (SSSR count). The number of benzene rings is 1. The molecule has 2 heterocycles. The summed E-state index contributed by atoms with van der Waals surface area (Å²) in [5.41, 5.74) is 9.07. The lowest BCUT2D eigenvalue weighted by Crippen LogP contribution is -2.15. The summed E-state index contributed by atoms with van der Waals surface area (Å²) < 4.78 is 1.34. The molecule has 0 saturated heterocycles. The number of pyridine rings is 1. The largest absolute Gasteiger partial charge is 0.382 e. The Kier molecular flexibility index (Phi) is 2.98. The van der Waals surface area contributed by atoms with Crippen molar-refractivity contribution in [2.24, 2.45) is 5.92 Å². The summed E-state index contributed by atoms with van der Waals surface area (Å²) in [6, 6.07) is 11.4. The highest BCUT2D eigenvalue weighted by atomic mass is 16.2. The molecule has 1 saturated carbocycles. The molecule has 1 aromatic carbocycles. The normalized spacial score (nSPS) is 19.9. The van der Waals surface area contributed by atoms with Gasteiger partial charge in [0.2, 0.25) is 0 Å². The number of aryl methyl sites for hydroxylation is 1. The van der Waals surface area contributed by atoms with E-state index in [4.69, 9.17) is 5.73 Å². The molecule has 5 nitrogen and oxygen atoms in total. The summed E-state index contributed by atoms with van der Waals surface area (Å²) in [6.07, 6.45) is 1.15. The van der Waals surface area contributed by atoms with Gasteiger partial charge in [-0.05, 0) is 43.0 Å². The molecule has 116 valence electrons. The Labute approximate surface area is 134 Å². The lowest BCUT2D eigenvalue weighted by molar-refractivity contribution is 0.0949. The van der Waals surface area contributed by atoms with Crippen LogP contribution in [-0.4, -0.2) is 20.7 Å². The Hall–Kier alpha value is -2.69. The molecule has 5 heteroatoms. The Morgan fingerprint density at radius 3 is 2.70 bits per heavy atom. The number of aromatic nitrogens is 3. The molecule has 0 radical (unpaired) electrons. The Balaban J connectivity index is 1.86. The minimum absolute atomic E-state index is 0.196. The summed E-state index contributed by atoms with van der Waals surface area (Å²) in [4.78, 5) is 17.5. The van der Waals surface area contributed by atoms with Gasteiger partial charge in [-0.3, -0.25) is 4.79 Å². The fourth-order valence-electron chi connectivity index (χ4n) is 3.04. The van der Waals surface area contributed by atoms with Crippen LogP contribution in [0.25, 0.3) is 11.0 Å². The minimum Gasteiger partial charge on any atom is -0.382 e. The first-order valence-electron chi connectivity index (χ1n) is 7.81. The SMILES string of the molecule is Cc1ccccc1C(=O)n1nc(N)c2ccc(C3CC3C)nc21. The van der Waals surface area contributed by atoms with Crippen molar-refractivity contribution in [1.82, 2.24) is 14.8 Å². The van der Waals surface area contributed by atoms with Crippen LogP contribution in [0.15, 0.2) is 36.4 Å². The first-order valence-corrected chi connectivity index (χ1v) is 7.81. The van der Waals surface area contributed by atoms with E-state index >= 15 is 0 Å². The van der Waals surface area contributed by atoms with Gasteiger partial charge in [0.1, 0.15) is 0 Å². The van der Waals surface area contributed by atoms with E-state index in [1.165, 1.54) is 4.68 Å². The molecule has 0 spiro atoms. The summed E-state index contributed by atoms with van der Waals surface area (Å²) in [5.74, 6) is 1.28. The quantitative estimate of drug-likeness (QED) is 0.789. The van der Waals surface area contributed by atoms with Gasteiger partial charge >= 0.3 is 0 Å². The first-order chi connectivity index (χ1) is 11.1. The van der Waals surface area contributed by atoms with Crippen LogP contribution in [-0.2, 0) is 0 Å². The third-order valence-corrected chi connectivity index (χ3v) is 4.64. The maximum Gasteiger partial charge on any atom is 0.280 e. The van der Waals surface area contributed by atoms with Crippen molar-refractivity contribution >= 4 is 22.8 Å². The number of rotatable bonds is 2. The van der Waals surface area contributed by atoms with Crippen molar-refractivity contribution in [1.29, 1.82) is 0 Å². The molecule has 2 unspecified atom stereocenters. The molecule has 1 aliphatic rings. The highest BCUT2D eigenvalue weighted by molar-refractivity contribution is 6.03. The molecule has 2 atom stereocenters. The van der Waals surface area contributed by atoms with E-state index < -0.39 is 0 Å². The van der Waals surface area contributed by atoms with E-state index in [0.29, 0.717) is 28.9 Å². The van der Waals surface area contributed by atoms with Crippen molar-refractivity contribution in [3.63, 3.8) is 0 Å². The topological polar surface area (TPSA) is 73.8 Å². The van der Waals surface area contributed by atoms with Crippen molar-refractivity contribution in [3.05, 3.63) is 53.2 Å². The standard InChI is InChI=1S/C18H18N4O/c1-10-5-3-4-6-12(10)18(23)22-17-13(16(19)21-22)7-8-15(20-17)14-9-11(14)2/h3-8,11,14H,9H2,1-2H3,(H2,19,21). The highest BCUT2D eigenvalue weighted by Crippen LogP contribution is 2.46. The summed E-state index contributed by atoms with van der Waals surface area (Å²) in [7, 11) is 0. The second-order valence-electron chi connectivity index (χ2n) is 6.34. The fourth-order valence-corrected chi connectivity index (χ4v) is 3.04. The molecule has 0 aliphatic heterocycles. The molecule has 2 aromatic heterocycles. The first kappa shape index (κ1) is 13.9. The van der Waals surface area contributed by atoms with E-state index in [2.05, 4.69) is 17.0 Å². The lowest BCUT2D eigenvalue weighted by Gasteiger charge is -2.05. The van der Waals surface area contributed by atoms with Crippen LogP contribution >= 0.6 is 0 Å². The zero-order valence-corrected chi connectivity index (χ0v) is 13.2. The molecule has 2 N–H and O–H groups in total. The summed E-state index contributed by atoms with van der Waals surface area (Å²) in [6.45, 7) is 4.12. The predicted molar refractivity (Wildman–Crippen MR) is 89.4 cm³/mol. The number of hydrogen-bond acceptors (Lipinski definition) is 4. The van der Waals surface area contributed by atoms with Crippen LogP contribution in [0.5, 0.6) is 0 Å². The summed E-state index contributed by atoms with van der Waals surface area (Å²) >= 11 is 0. The monoisotopic (exact) mass is 306 g/mol. The van der Waals surface area contributed by atoms with Gasteiger partial charge in [-0.15, -0.1) is 5.10 Å². The summed E-state index contributed by atoms with van der Waals surface area (Å²) in [5, 5.41) is 4.96. The second-order valence-corrected chi connectivity index (χ2v) is 6.34. The van der Waals surface area contributed by atoms with E-state index in [9.17, 15) is 4.79 Å². The van der Waals surface area contributed by atoms with Crippen LogP contribution < -0.4 is 5.73 Å². The number of carbonyl (C=O) groups excluding carboxylic acids is 1. The van der Waals surface area contributed by atoms with Crippen LogP contribution in [0.1, 0.15) is 40.9 Å². The van der Waals surface area contributed by atoms with Gasteiger partial charge in [-0.25, -0.2) is 4.98 Å². The average Bonchev–Trinajstić information content (AvgIpc) is 3.19. The number of nitrogen functional groups attached to an aromatic ring is 1. The number of fused-ring (bicyclic) bond motifs is 1. The number of anilines is 1. The molecular weight excluding hydrogens is 288 g/mol. The van der Waals surface area contributed by atoms with Crippen molar-refractivity contribution < 1.29 is 4.79 Å². The fraction of sp³-hybridized carbons (Fsp3) is 0.278. The Bertz CT molecular complexity index is 928. The molecule has 1 fully saturated rings. The number of nitrogens with two attached hydrogens (primary N) is 1. The smallest absolute Gasteiger partial charge is 0.280 e. The van der Waals surface area contributed by atoms with Gasteiger partial charge in [0, 0.05) is 17.2 Å². The van der Waals surface area contributed by atoms with E-state index in [0.717, 1.165) is 23.1 Å². The third-order valence-electron chi connectivity index (χ3n) is 4.64. The van der Waals surface area contributed by atoms with Crippen LogP contribution in [0.4, 0.5) is 5.82 Å². The van der Waals surface area contributed by atoms with E-state index in [-0.39, 0.29) is 5.91 Å². The number of nitrogens with zero attached hydrogens (tertiary/aromatic N) is 3. The third kappa shape index (κ3) is 2.20. The number of carbonyl (C=O) groups is 1. The number of hydrogen-bond donors (Lipinski definition) is 1. The van der Waals surface area contributed by atoms with E-state index in [1.807, 2.05) is 37.3 Å². The highest BCUT2D eigenvalue weighted by Gasteiger charge is 2.35. The van der Waals surface area contributed by atoms with Crippen LogP contribution in [0.2, 0.25) is 0 Å². The van der Waals surface area contributed by atoms with Gasteiger partial charge in [-0.2, -0.15) is 4.68 Å². The van der Waals surface area contributed by atoms with Gasteiger partial charge < -0.3 is 5.73 Å². The predicted octanol–water partition coefficient (Wildman–Crippen LogP) is 3.13. The molecule has 1 aliphatic carbocycles. The van der Waals surface area contributed by atoms with Crippen LogP contribution in [0.3, 0.4) is 0 Å². The van der Waals surface area contributed by atoms with Crippen molar-refractivity contribution in [2.45, 2.75) is 26.2 Å². The van der Waals surface area contributed by atoms with Gasteiger partial charge in [0.25, 0.3) is 5.91 Å². The lowest BCUT2D eigenvalue weighted by atomic mass is 10.1. The second kappa shape index (κ2) is 4.91. The van der Waals surface area contributed by atoms with Crippen molar-refractivity contribution in [2.75, 3.05) is 5.73 Å². The molecular formula is C18H18N4O.